The van der Waals surface area contributed by atoms with E-state index in [4.69, 9.17) is 15.0 Å². The molecule has 0 atom stereocenters. The number of fused-ring (bicyclic) bond motifs is 2. The number of benzene rings is 6. The smallest absolute Gasteiger partial charge is 0.164 e. The third kappa shape index (κ3) is 5.60. The Hall–Kier alpha value is -5.58. The zero-order valence-corrected chi connectivity index (χ0v) is 25.2. The largest absolute Gasteiger partial charge is 0.208 e. The zero-order chi connectivity index (χ0) is 30.0. The standard InChI is InChI=1S/C41H27N3S/c1-3-9-28(10-4-1)30-15-20-33(21-16-30)39-42-40(34-22-17-31(18-23-34)29-11-5-2-6-12-29)44-41(43-39)36-25-26-38-35(27-36)24-19-32-13-7-8-14-37(32)45-38/h1-27H. The van der Waals surface area contributed by atoms with E-state index in [0.717, 1.165) is 33.4 Å². The number of rotatable bonds is 5. The first-order chi connectivity index (χ1) is 22.3. The van der Waals surface area contributed by atoms with E-state index in [1.165, 1.54) is 26.5 Å². The van der Waals surface area contributed by atoms with Gasteiger partial charge in [0.1, 0.15) is 0 Å². The Balaban J connectivity index is 1.21. The van der Waals surface area contributed by atoms with Gasteiger partial charge in [-0.2, -0.15) is 0 Å². The molecule has 2 heterocycles. The van der Waals surface area contributed by atoms with Crippen LogP contribution in [-0.4, -0.2) is 15.0 Å². The van der Waals surface area contributed by atoms with Crippen LogP contribution in [0.3, 0.4) is 0 Å². The van der Waals surface area contributed by atoms with Crippen LogP contribution in [0.2, 0.25) is 0 Å². The highest BCUT2D eigenvalue weighted by molar-refractivity contribution is 7.99. The van der Waals surface area contributed by atoms with Gasteiger partial charge in [-0.1, -0.05) is 157 Å². The molecular weight excluding hydrogens is 567 g/mol. The van der Waals surface area contributed by atoms with Gasteiger partial charge in [-0.15, -0.1) is 0 Å². The summed E-state index contributed by atoms with van der Waals surface area (Å²) in [6, 6.07) is 52.7. The number of nitrogens with zero attached hydrogens (tertiary/aromatic N) is 3. The molecule has 0 fully saturated rings. The highest BCUT2D eigenvalue weighted by Gasteiger charge is 2.16. The first kappa shape index (κ1) is 27.0. The van der Waals surface area contributed by atoms with Crippen molar-refractivity contribution in [3.63, 3.8) is 0 Å². The number of hydrogen-bond acceptors (Lipinski definition) is 4. The summed E-state index contributed by atoms with van der Waals surface area (Å²) < 4.78 is 0. The molecule has 0 saturated carbocycles. The molecule has 0 N–H and O–H groups in total. The van der Waals surface area contributed by atoms with Crippen molar-refractivity contribution in [1.29, 1.82) is 0 Å². The minimum absolute atomic E-state index is 0.647. The van der Waals surface area contributed by atoms with E-state index in [-0.39, 0.29) is 0 Å². The maximum Gasteiger partial charge on any atom is 0.164 e. The molecule has 45 heavy (non-hydrogen) atoms. The topological polar surface area (TPSA) is 38.7 Å². The summed E-state index contributed by atoms with van der Waals surface area (Å²) in [5.74, 6) is 1.94. The first-order valence-electron chi connectivity index (χ1n) is 14.9. The van der Waals surface area contributed by atoms with Crippen LogP contribution in [0, 0.1) is 0 Å². The summed E-state index contributed by atoms with van der Waals surface area (Å²) in [5, 5.41) is 0. The molecule has 4 heteroatoms. The third-order valence-corrected chi connectivity index (χ3v) is 9.17. The van der Waals surface area contributed by atoms with Gasteiger partial charge >= 0.3 is 0 Å². The Morgan fingerprint density at radius 3 is 1.29 bits per heavy atom. The molecular formula is C41H27N3S. The van der Waals surface area contributed by atoms with Crippen molar-refractivity contribution in [1.82, 2.24) is 15.0 Å². The van der Waals surface area contributed by atoms with E-state index < -0.39 is 0 Å². The van der Waals surface area contributed by atoms with Gasteiger partial charge in [0.25, 0.3) is 0 Å². The van der Waals surface area contributed by atoms with E-state index in [1.807, 2.05) is 12.1 Å². The number of hydrogen-bond donors (Lipinski definition) is 0. The van der Waals surface area contributed by atoms with Crippen molar-refractivity contribution in [2.24, 2.45) is 0 Å². The van der Waals surface area contributed by atoms with Crippen LogP contribution >= 0.6 is 11.8 Å². The fourth-order valence-corrected chi connectivity index (χ4v) is 6.59. The van der Waals surface area contributed by atoms with E-state index in [2.05, 4.69) is 152 Å². The highest BCUT2D eigenvalue weighted by Crippen LogP contribution is 2.39. The first-order valence-corrected chi connectivity index (χ1v) is 15.8. The lowest BCUT2D eigenvalue weighted by molar-refractivity contribution is 1.07. The minimum atomic E-state index is 0.647. The lowest BCUT2D eigenvalue weighted by atomic mass is 10.0. The lowest BCUT2D eigenvalue weighted by Crippen LogP contribution is -2.00. The molecule has 1 aliphatic heterocycles. The molecule has 1 aliphatic rings. The maximum atomic E-state index is 5.03. The Bertz CT molecular complexity index is 2050. The van der Waals surface area contributed by atoms with Gasteiger partial charge in [-0.3, -0.25) is 0 Å². The predicted molar refractivity (Wildman–Crippen MR) is 186 cm³/mol. The summed E-state index contributed by atoms with van der Waals surface area (Å²) in [4.78, 5) is 17.5. The molecule has 8 rings (SSSR count). The Morgan fingerprint density at radius 1 is 0.311 bits per heavy atom. The van der Waals surface area contributed by atoms with Crippen molar-refractivity contribution in [3.8, 4) is 56.4 Å². The summed E-state index contributed by atoms with van der Waals surface area (Å²) in [6.45, 7) is 0. The van der Waals surface area contributed by atoms with Crippen LogP contribution in [0.4, 0.5) is 0 Å². The molecule has 0 amide bonds. The third-order valence-electron chi connectivity index (χ3n) is 7.99. The lowest BCUT2D eigenvalue weighted by Gasteiger charge is -2.11. The highest BCUT2D eigenvalue weighted by atomic mass is 32.2. The average Bonchev–Trinajstić information content (AvgIpc) is 3.31. The van der Waals surface area contributed by atoms with E-state index >= 15 is 0 Å². The van der Waals surface area contributed by atoms with Gasteiger partial charge in [0.2, 0.25) is 0 Å². The van der Waals surface area contributed by atoms with Crippen LogP contribution < -0.4 is 0 Å². The predicted octanol–water partition coefficient (Wildman–Crippen LogP) is 10.8. The second kappa shape index (κ2) is 11.8. The van der Waals surface area contributed by atoms with Gasteiger partial charge in [0, 0.05) is 26.5 Å². The second-order valence-electron chi connectivity index (χ2n) is 10.9. The SMILES string of the molecule is C1=Cc2cc(-c3nc(-c4ccc(-c5ccccc5)cc4)nc(-c4ccc(-c5ccccc5)cc4)n3)ccc2Sc2ccccc21. The Labute approximate surface area is 267 Å². The van der Waals surface area contributed by atoms with Crippen LogP contribution in [-0.2, 0) is 0 Å². The zero-order valence-electron chi connectivity index (χ0n) is 24.3. The second-order valence-corrected chi connectivity index (χ2v) is 12.0. The van der Waals surface area contributed by atoms with E-state index in [1.54, 1.807) is 11.8 Å². The normalized spacial score (nSPS) is 11.8. The van der Waals surface area contributed by atoms with E-state index in [0.29, 0.717) is 17.5 Å². The van der Waals surface area contributed by atoms with Gasteiger partial charge in [0.15, 0.2) is 17.5 Å². The molecule has 7 aromatic rings. The Kier molecular flexibility index (Phi) is 7.10. The van der Waals surface area contributed by atoms with Crippen molar-refractivity contribution in [2.45, 2.75) is 9.79 Å². The molecule has 3 nitrogen and oxygen atoms in total. The van der Waals surface area contributed by atoms with Crippen molar-refractivity contribution >= 4 is 23.9 Å². The van der Waals surface area contributed by atoms with Crippen molar-refractivity contribution in [3.05, 3.63) is 163 Å². The molecule has 0 aliphatic carbocycles. The van der Waals surface area contributed by atoms with Crippen LogP contribution in [0.15, 0.2) is 161 Å². The molecule has 1 aromatic heterocycles. The molecule has 0 radical (unpaired) electrons. The van der Waals surface area contributed by atoms with Crippen LogP contribution in [0.5, 0.6) is 0 Å². The maximum absolute atomic E-state index is 5.03. The Morgan fingerprint density at radius 2 is 0.711 bits per heavy atom. The molecule has 6 aromatic carbocycles. The summed E-state index contributed by atoms with van der Waals surface area (Å²) in [7, 11) is 0. The van der Waals surface area contributed by atoms with Crippen molar-refractivity contribution < 1.29 is 0 Å². The van der Waals surface area contributed by atoms with E-state index in [9.17, 15) is 0 Å². The molecule has 0 unspecified atom stereocenters. The molecule has 0 spiro atoms. The summed E-state index contributed by atoms with van der Waals surface area (Å²) in [5.41, 5.74) is 9.89. The minimum Gasteiger partial charge on any atom is -0.208 e. The molecule has 212 valence electrons. The van der Waals surface area contributed by atoms with Gasteiger partial charge in [-0.25, -0.2) is 15.0 Å². The van der Waals surface area contributed by atoms with Gasteiger partial charge in [0.05, 0.1) is 0 Å². The van der Waals surface area contributed by atoms with Crippen LogP contribution in [0.1, 0.15) is 11.1 Å². The summed E-state index contributed by atoms with van der Waals surface area (Å²) >= 11 is 1.79. The molecule has 0 saturated heterocycles. The fraction of sp³-hybridized carbons (Fsp3) is 0. The molecule has 0 bridgehead atoms. The van der Waals surface area contributed by atoms with Crippen LogP contribution in [0.25, 0.3) is 68.6 Å². The van der Waals surface area contributed by atoms with Crippen molar-refractivity contribution in [2.75, 3.05) is 0 Å². The average molecular weight is 594 g/mol. The van der Waals surface area contributed by atoms with Gasteiger partial charge in [-0.05, 0) is 51.6 Å². The van der Waals surface area contributed by atoms with Gasteiger partial charge < -0.3 is 0 Å². The quantitative estimate of drug-likeness (QED) is 0.199. The fourth-order valence-electron chi connectivity index (χ4n) is 5.57. The summed E-state index contributed by atoms with van der Waals surface area (Å²) in [6.07, 6.45) is 4.37. The monoisotopic (exact) mass is 593 g/mol. The number of aromatic nitrogens is 3.